The highest BCUT2D eigenvalue weighted by atomic mass is 16.5. The minimum absolute atomic E-state index is 0.148. The Hall–Kier alpha value is -1.16. The molecule has 1 N–H and O–H groups in total. The summed E-state index contributed by atoms with van der Waals surface area (Å²) in [6.07, 6.45) is 4.93. The Bertz CT molecular complexity index is 412. The third-order valence-corrected chi connectivity index (χ3v) is 4.33. The van der Waals surface area contributed by atoms with Crippen molar-refractivity contribution in [1.29, 1.82) is 0 Å². The molecule has 1 fully saturated rings. The van der Waals surface area contributed by atoms with E-state index in [4.69, 9.17) is 4.74 Å². The van der Waals surface area contributed by atoms with Gasteiger partial charge < -0.3 is 9.84 Å². The number of ketones is 1. The van der Waals surface area contributed by atoms with Crippen molar-refractivity contribution in [2.75, 3.05) is 6.61 Å². The third-order valence-electron chi connectivity index (χ3n) is 4.33. The molecule has 2 rings (SSSR count). The molecule has 0 saturated heterocycles. The van der Waals surface area contributed by atoms with Crippen molar-refractivity contribution in [2.45, 2.75) is 51.6 Å². The Morgan fingerprint density at radius 2 is 2.06 bits per heavy atom. The van der Waals surface area contributed by atoms with E-state index < -0.39 is 11.0 Å². The SMILES string of the molecule is CCOC(=O)[C@@]12CC=C(C(C)=O)[C@]1(O)CCCC2. The first-order valence-electron chi connectivity index (χ1n) is 6.59. The zero-order valence-electron chi connectivity index (χ0n) is 11.0. The van der Waals surface area contributed by atoms with Crippen LogP contribution < -0.4 is 0 Å². The van der Waals surface area contributed by atoms with Crippen LogP contribution in [0.1, 0.15) is 46.0 Å². The standard InChI is InChI=1S/C14H20O4/c1-3-18-12(16)13-7-4-5-8-14(13,17)11(6-9-13)10(2)15/h6,17H,3-5,7-9H2,1-2H3/t13-,14-/m1/s1. The first-order valence-corrected chi connectivity index (χ1v) is 6.59. The maximum Gasteiger partial charge on any atom is 0.315 e. The molecular formula is C14H20O4. The van der Waals surface area contributed by atoms with Gasteiger partial charge in [0.25, 0.3) is 0 Å². The van der Waals surface area contributed by atoms with Crippen LogP contribution in [0, 0.1) is 5.41 Å². The molecule has 0 radical (unpaired) electrons. The van der Waals surface area contributed by atoms with Gasteiger partial charge in [-0.15, -0.1) is 0 Å². The number of esters is 1. The largest absolute Gasteiger partial charge is 0.465 e. The molecule has 2 aliphatic rings. The fraction of sp³-hybridized carbons (Fsp3) is 0.714. The lowest BCUT2D eigenvalue weighted by molar-refractivity contribution is -0.174. The van der Waals surface area contributed by atoms with Crippen LogP contribution in [0.2, 0.25) is 0 Å². The first kappa shape index (κ1) is 13.3. The number of carbonyl (C=O) groups excluding carboxylic acids is 2. The zero-order chi connectivity index (χ0) is 13.4. The average molecular weight is 252 g/mol. The molecule has 18 heavy (non-hydrogen) atoms. The predicted molar refractivity (Wildman–Crippen MR) is 65.9 cm³/mol. The van der Waals surface area contributed by atoms with Crippen molar-refractivity contribution in [3.63, 3.8) is 0 Å². The number of carbonyl (C=O) groups is 2. The quantitative estimate of drug-likeness (QED) is 0.777. The summed E-state index contributed by atoms with van der Waals surface area (Å²) in [4.78, 5) is 23.9. The van der Waals surface area contributed by atoms with Gasteiger partial charge in [0.1, 0.15) is 11.0 Å². The summed E-state index contributed by atoms with van der Waals surface area (Å²) >= 11 is 0. The van der Waals surface area contributed by atoms with Crippen molar-refractivity contribution in [3.05, 3.63) is 11.6 Å². The minimum atomic E-state index is -1.32. The van der Waals surface area contributed by atoms with Gasteiger partial charge in [-0.25, -0.2) is 0 Å². The van der Waals surface area contributed by atoms with Gasteiger partial charge in [-0.05, 0) is 33.1 Å². The number of ether oxygens (including phenoxy) is 1. The number of hydrogen-bond donors (Lipinski definition) is 1. The smallest absolute Gasteiger partial charge is 0.315 e. The molecule has 1 saturated carbocycles. The van der Waals surface area contributed by atoms with Crippen molar-refractivity contribution in [3.8, 4) is 0 Å². The molecule has 0 spiro atoms. The Morgan fingerprint density at radius 3 is 2.67 bits per heavy atom. The summed E-state index contributed by atoms with van der Waals surface area (Å²) in [6, 6.07) is 0. The molecule has 0 amide bonds. The summed E-state index contributed by atoms with van der Waals surface area (Å²) in [5.74, 6) is -0.509. The summed E-state index contributed by atoms with van der Waals surface area (Å²) in [7, 11) is 0. The summed E-state index contributed by atoms with van der Waals surface area (Å²) < 4.78 is 5.14. The van der Waals surface area contributed by atoms with E-state index in [0.717, 1.165) is 12.8 Å². The van der Waals surface area contributed by atoms with E-state index >= 15 is 0 Å². The van der Waals surface area contributed by atoms with Crippen molar-refractivity contribution >= 4 is 11.8 Å². The summed E-state index contributed by atoms with van der Waals surface area (Å²) in [6.45, 7) is 3.50. The lowest BCUT2D eigenvalue weighted by Crippen LogP contribution is -2.55. The molecular weight excluding hydrogens is 232 g/mol. The van der Waals surface area contributed by atoms with Crippen LogP contribution in [0.3, 0.4) is 0 Å². The highest BCUT2D eigenvalue weighted by Crippen LogP contribution is 2.55. The summed E-state index contributed by atoms with van der Waals surface area (Å²) in [5.41, 5.74) is -1.85. The van der Waals surface area contributed by atoms with Crippen LogP contribution >= 0.6 is 0 Å². The molecule has 0 unspecified atom stereocenters. The van der Waals surface area contributed by atoms with Crippen LogP contribution in [-0.2, 0) is 14.3 Å². The molecule has 2 atom stereocenters. The normalized spacial score (nSPS) is 34.7. The molecule has 0 bridgehead atoms. The first-order chi connectivity index (χ1) is 8.48. The number of hydrogen-bond acceptors (Lipinski definition) is 4. The van der Waals surface area contributed by atoms with Crippen LogP contribution in [0.25, 0.3) is 0 Å². The number of rotatable bonds is 3. The third kappa shape index (κ3) is 1.62. The monoisotopic (exact) mass is 252 g/mol. The van der Waals surface area contributed by atoms with E-state index in [1.807, 2.05) is 0 Å². The maximum atomic E-state index is 12.2. The van der Waals surface area contributed by atoms with E-state index in [-0.39, 0.29) is 11.8 Å². The second-order valence-corrected chi connectivity index (χ2v) is 5.25. The highest BCUT2D eigenvalue weighted by molar-refractivity contribution is 5.98. The lowest BCUT2D eigenvalue weighted by Gasteiger charge is -2.45. The molecule has 4 nitrogen and oxygen atoms in total. The maximum absolute atomic E-state index is 12.2. The van der Waals surface area contributed by atoms with Gasteiger partial charge in [0.05, 0.1) is 6.61 Å². The second-order valence-electron chi connectivity index (χ2n) is 5.25. The molecule has 100 valence electrons. The van der Waals surface area contributed by atoms with Gasteiger partial charge in [-0.2, -0.15) is 0 Å². The van der Waals surface area contributed by atoms with Gasteiger partial charge in [-0.3, -0.25) is 9.59 Å². The molecule has 0 aliphatic heterocycles. The minimum Gasteiger partial charge on any atom is -0.465 e. The fourth-order valence-electron chi connectivity index (χ4n) is 3.42. The zero-order valence-corrected chi connectivity index (χ0v) is 11.0. The van der Waals surface area contributed by atoms with Crippen molar-refractivity contribution in [1.82, 2.24) is 0 Å². The molecule has 0 aromatic heterocycles. The Labute approximate surface area is 107 Å². The number of aliphatic hydroxyl groups is 1. The van der Waals surface area contributed by atoms with Gasteiger partial charge in [0.15, 0.2) is 5.78 Å². The van der Waals surface area contributed by atoms with Gasteiger partial charge in [0.2, 0.25) is 0 Å². The summed E-state index contributed by atoms with van der Waals surface area (Å²) in [5, 5.41) is 10.9. The lowest BCUT2D eigenvalue weighted by atomic mass is 9.62. The second kappa shape index (κ2) is 4.50. The van der Waals surface area contributed by atoms with E-state index in [2.05, 4.69) is 0 Å². The number of Topliss-reactive ketones (excluding diaryl/α,β-unsaturated/α-hetero) is 1. The number of fused-ring (bicyclic) bond motifs is 1. The molecule has 0 heterocycles. The van der Waals surface area contributed by atoms with Crippen LogP contribution in [0.15, 0.2) is 11.6 Å². The topological polar surface area (TPSA) is 63.6 Å². The average Bonchev–Trinajstić information content (AvgIpc) is 2.63. The molecule has 0 aromatic carbocycles. The van der Waals surface area contributed by atoms with Crippen LogP contribution in [0.4, 0.5) is 0 Å². The Balaban J connectivity index is 2.40. The van der Waals surface area contributed by atoms with Crippen LogP contribution in [-0.4, -0.2) is 29.1 Å². The predicted octanol–water partition coefficient (Wildman–Crippen LogP) is 1.76. The number of allylic oxidation sites excluding steroid dienone is 1. The van der Waals surface area contributed by atoms with Crippen LogP contribution in [0.5, 0.6) is 0 Å². The van der Waals surface area contributed by atoms with Gasteiger partial charge in [-0.1, -0.05) is 18.9 Å². The van der Waals surface area contributed by atoms with Crippen molar-refractivity contribution in [2.24, 2.45) is 5.41 Å². The molecule has 0 aromatic rings. The Kier molecular flexibility index (Phi) is 3.32. The van der Waals surface area contributed by atoms with E-state index in [1.54, 1.807) is 13.0 Å². The molecule has 2 aliphatic carbocycles. The fourth-order valence-corrected chi connectivity index (χ4v) is 3.42. The van der Waals surface area contributed by atoms with E-state index in [1.165, 1.54) is 6.92 Å². The Morgan fingerprint density at radius 1 is 1.39 bits per heavy atom. The highest BCUT2D eigenvalue weighted by Gasteiger charge is 2.62. The van der Waals surface area contributed by atoms with Crippen molar-refractivity contribution < 1.29 is 19.4 Å². The molecule has 4 heteroatoms. The van der Waals surface area contributed by atoms with Gasteiger partial charge >= 0.3 is 5.97 Å². The van der Waals surface area contributed by atoms with E-state index in [9.17, 15) is 14.7 Å². The van der Waals surface area contributed by atoms with E-state index in [0.29, 0.717) is 31.4 Å². The van der Waals surface area contributed by atoms with Gasteiger partial charge in [0, 0.05) is 5.57 Å².